The largest absolute Gasteiger partial charge is 0.509 e. The maximum Gasteiger partial charge on any atom is 0.509 e. The average molecular weight is 611 g/mol. The van der Waals surface area contributed by atoms with Crippen LogP contribution < -0.4 is 5.32 Å². The Kier molecular flexibility index (Phi) is 14.4. The van der Waals surface area contributed by atoms with Gasteiger partial charge in [0.2, 0.25) is 0 Å². The van der Waals surface area contributed by atoms with E-state index in [4.69, 9.17) is 14.2 Å². The Morgan fingerprint density at radius 3 is 2.41 bits per heavy atom. The van der Waals surface area contributed by atoms with E-state index in [1.807, 2.05) is 38.4 Å². The summed E-state index contributed by atoms with van der Waals surface area (Å²) in [7, 11) is 7.24. The van der Waals surface area contributed by atoms with Crippen molar-refractivity contribution in [3.63, 3.8) is 0 Å². The van der Waals surface area contributed by atoms with E-state index in [0.717, 1.165) is 49.8 Å². The van der Waals surface area contributed by atoms with Gasteiger partial charge in [-0.05, 0) is 75.2 Å². The lowest BCUT2D eigenvalue weighted by molar-refractivity contribution is -0.0972. The molecule has 1 aromatic carbocycles. The number of rotatable bonds is 15. The topological polar surface area (TPSA) is 97.3 Å². The van der Waals surface area contributed by atoms with Crippen molar-refractivity contribution in [2.45, 2.75) is 83.3 Å². The van der Waals surface area contributed by atoms with E-state index in [1.165, 1.54) is 32.1 Å². The minimum atomic E-state index is -0.779. The first-order valence-corrected chi connectivity index (χ1v) is 17.7. The molecule has 10 heteroatoms. The van der Waals surface area contributed by atoms with Gasteiger partial charge in [0.05, 0.1) is 6.61 Å². The zero-order valence-corrected chi connectivity index (χ0v) is 26.8. The summed E-state index contributed by atoms with van der Waals surface area (Å²) in [5.41, 5.74) is 1.18. The second-order valence-electron chi connectivity index (χ2n) is 11.7. The lowest BCUT2D eigenvalue weighted by Gasteiger charge is -2.44. The molecule has 0 aliphatic heterocycles. The molecule has 0 spiro atoms. The van der Waals surface area contributed by atoms with Crippen LogP contribution in [0.2, 0.25) is 0 Å². The van der Waals surface area contributed by atoms with Crippen molar-refractivity contribution in [3.8, 4) is 0 Å². The number of alkyl carbamates (subject to hydrolysis) is 1. The van der Waals surface area contributed by atoms with Gasteiger partial charge in [-0.3, -0.25) is 0 Å². The summed E-state index contributed by atoms with van der Waals surface area (Å²) in [4.78, 5) is 27.2. The Hall–Kier alpha value is -1.62. The van der Waals surface area contributed by atoms with Gasteiger partial charge >= 0.3 is 12.2 Å². The summed E-state index contributed by atoms with van der Waals surface area (Å²) >= 11 is 0. The molecule has 0 aromatic heterocycles. The standard InChI is InChI=1S/C31H50N2O6S2/c1-4-30(14-7-5-8-15-30)24-32-28(35)37-17-19-40-41-20-18-38-29(36)39-31(26-13-10-11-25(21-26)23-34)16-9-6-12-27(31)22-33(2)3/h10-11,13,21,27,34H,4-9,12,14-20,22-24H2,1-3H3,(H,32,35)/t27-,31+/m1/s1. The quantitative estimate of drug-likeness (QED) is 0.127. The van der Waals surface area contributed by atoms with Crippen LogP contribution in [0.1, 0.15) is 82.3 Å². The number of amides is 1. The van der Waals surface area contributed by atoms with E-state index in [2.05, 4.69) is 17.1 Å². The fourth-order valence-corrected chi connectivity index (χ4v) is 7.95. The molecule has 41 heavy (non-hydrogen) atoms. The van der Waals surface area contributed by atoms with Crippen LogP contribution >= 0.6 is 21.6 Å². The maximum atomic E-state index is 12.9. The molecule has 2 saturated carbocycles. The Labute approximate surface area is 254 Å². The summed E-state index contributed by atoms with van der Waals surface area (Å²) in [6.07, 6.45) is 9.99. The molecule has 0 unspecified atom stereocenters. The molecular weight excluding hydrogens is 560 g/mol. The van der Waals surface area contributed by atoms with Gasteiger partial charge in [0.25, 0.3) is 0 Å². The van der Waals surface area contributed by atoms with Crippen molar-refractivity contribution in [3.05, 3.63) is 35.4 Å². The van der Waals surface area contributed by atoms with E-state index < -0.39 is 11.8 Å². The Balaban J connectivity index is 1.38. The number of carbonyl (C=O) groups is 2. The van der Waals surface area contributed by atoms with E-state index in [-0.39, 0.29) is 30.6 Å². The van der Waals surface area contributed by atoms with E-state index >= 15 is 0 Å². The summed E-state index contributed by atoms with van der Waals surface area (Å²) in [5.74, 6) is 1.40. The highest BCUT2D eigenvalue weighted by Crippen LogP contribution is 2.46. The van der Waals surface area contributed by atoms with E-state index in [9.17, 15) is 14.7 Å². The van der Waals surface area contributed by atoms with Gasteiger partial charge in [-0.15, -0.1) is 0 Å². The molecule has 0 radical (unpaired) electrons. The number of nitrogens with zero attached hydrogens (tertiary/aromatic N) is 1. The lowest BCUT2D eigenvalue weighted by atomic mass is 9.70. The summed E-state index contributed by atoms with van der Waals surface area (Å²) in [5, 5.41) is 12.7. The van der Waals surface area contributed by atoms with Crippen LogP contribution in [0.4, 0.5) is 9.59 Å². The van der Waals surface area contributed by atoms with Gasteiger partial charge in [0.15, 0.2) is 0 Å². The van der Waals surface area contributed by atoms with Crippen molar-refractivity contribution < 1.29 is 28.9 Å². The van der Waals surface area contributed by atoms with Crippen LogP contribution in [-0.4, -0.2) is 74.2 Å². The van der Waals surface area contributed by atoms with Gasteiger partial charge in [0, 0.05) is 30.5 Å². The van der Waals surface area contributed by atoms with Gasteiger partial charge in [0.1, 0.15) is 18.8 Å². The Morgan fingerprint density at radius 1 is 1.02 bits per heavy atom. The first-order chi connectivity index (χ1) is 19.8. The molecule has 1 aromatic rings. The predicted octanol–water partition coefficient (Wildman–Crippen LogP) is 6.75. The number of hydrogen-bond donors (Lipinski definition) is 2. The molecule has 8 nitrogen and oxygen atoms in total. The Bertz CT molecular complexity index is 943. The monoisotopic (exact) mass is 610 g/mol. The highest BCUT2D eigenvalue weighted by Gasteiger charge is 2.46. The summed E-state index contributed by atoms with van der Waals surface area (Å²) in [6, 6.07) is 7.74. The van der Waals surface area contributed by atoms with Crippen LogP contribution in [0.5, 0.6) is 0 Å². The van der Waals surface area contributed by atoms with Crippen molar-refractivity contribution >= 4 is 33.8 Å². The van der Waals surface area contributed by atoms with E-state index in [0.29, 0.717) is 24.7 Å². The molecule has 0 bridgehead atoms. The number of aliphatic hydroxyl groups is 1. The SMILES string of the molecule is CCC1(CNC(=O)OCCSSCCOC(=O)O[C@]2(c3cccc(CO)c3)CCCC[C@@H]2CN(C)C)CCCCC1. The zero-order valence-electron chi connectivity index (χ0n) is 25.2. The highest BCUT2D eigenvalue weighted by atomic mass is 33.1. The average Bonchev–Trinajstić information content (AvgIpc) is 2.98. The van der Waals surface area contributed by atoms with Gasteiger partial charge in [-0.25, -0.2) is 9.59 Å². The summed E-state index contributed by atoms with van der Waals surface area (Å²) in [6.45, 7) is 4.22. The molecule has 2 aliphatic carbocycles. The van der Waals surface area contributed by atoms with Gasteiger partial charge in [-0.1, -0.05) is 72.4 Å². The number of nitrogens with one attached hydrogen (secondary N) is 1. The number of hydrogen-bond acceptors (Lipinski definition) is 9. The normalized spacial score (nSPS) is 22.2. The van der Waals surface area contributed by atoms with E-state index in [1.54, 1.807) is 21.6 Å². The fourth-order valence-electron chi connectivity index (χ4n) is 6.29. The van der Waals surface area contributed by atoms with Crippen LogP contribution in [0.25, 0.3) is 0 Å². The molecule has 232 valence electrons. The predicted molar refractivity (Wildman–Crippen MR) is 167 cm³/mol. The third-order valence-electron chi connectivity index (χ3n) is 8.60. The lowest BCUT2D eigenvalue weighted by Crippen LogP contribution is -2.46. The van der Waals surface area contributed by atoms with Crippen LogP contribution in [0, 0.1) is 11.3 Å². The highest BCUT2D eigenvalue weighted by molar-refractivity contribution is 8.76. The third kappa shape index (κ3) is 10.6. The molecule has 0 saturated heterocycles. The van der Waals surface area contributed by atoms with Gasteiger partial charge in [-0.2, -0.15) is 0 Å². The first kappa shape index (κ1) is 33.9. The van der Waals surface area contributed by atoms with Crippen LogP contribution in [0.3, 0.4) is 0 Å². The zero-order chi connectivity index (χ0) is 29.6. The molecular formula is C31H50N2O6S2. The van der Waals surface area contributed by atoms with Crippen molar-refractivity contribution in [2.75, 3.05) is 51.9 Å². The molecule has 2 N–H and O–H groups in total. The molecule has 0 heterocycles. The fraction of sp³-hybridized carbons (Fsp3) is 0.742. The Morgan fingerprint density at radius 2 is 1.73 bits per heavy atom. The first-order valence-electron chi connectivity index (χ1n) is 15.2. The minimum Gasteiger partial charge on any atom is -0.449 e. The number of benzene rings is 1. The summed E-state index contributed by atoms with van der Waals surface area (Å²) < 4.78 is 17.0. The van der Waals surface area contributed by atoms with Crippen molar-refractivity contribution in [1.29, 1.82) is 0 Å². The molecule has 1 amide bonds. The van der Waals surface area contributed by atoms with Crippen molar-refractivity contribution in [2.24, 2.45) is 11.3 Å². The number of ether oxygens (including phenoxy) is 3. The second kappa shape index (κ2) is 17.5. The maximum absolute atomic E-state index is 12.9. The molecule has 2 fully saturated rings. The van der Waals surface area contributed by atoms with Gasteiger partial charge < -0.3 is 29.5 Å². The molecule has 2 atom stereocenters. The molecule has 2 aliphatic rings. The van der Waals surface area contributed by atoms with Crippen molar-refractivity contribution in [1.82, 2.24) is 10.2 Å². The third-order valence-corrected chi connectivity index (χ3v) is 10.9. The van der Waals surface area contributed by atoms with Crippen LogP contribution in [-0.2, 0) is 26.4 Å². The number of aliphatic hydroxyl groups excluding tert-OH is 1. The smallest absolute Gasteiger partial charge is 0.449 e. The van der Waals surface area contributed by atoms with Crippen LogP contribution in [0.15, 0.2) is 24.3 Å². The second-order valence-corrected chi connectivity index (χ2v) is 14.4. The number of carbonyl (C=O) groups excluding carboxylic acids is 2. The molecule has 3 rings (SSSR count). The minimum absolute atomic E-state index is 0.0587.